The number of hydrogen-bond acceptors (Lipinski definition) is 4. The highest BCUT2D eigenvalue weighted by Gasteiger charge is 2.31. The van der Waals surface area contributed by atoms with Crippen molar-refractivity contribution in [3.8, 4) is 0 Å². The highest BCUT2D eigenvalue weighted by molar-refractivity contribution is 7.33. The maximum atomic E-state index is 12.8. The number of carboxylic acids is 1. The monoisotopic (exact) mass is 345 g/mol. The number of carbonyl (C=O) groups excluding carboxylic acids is 1. The number of carbonyl (C=O) groups is 2. The van der Waals surface area contributed by atoms with Crippen LogP contribution in [-0.4, -0.2) is 34.5 Å². The van der Waals surface area contributed by atoms with E-state index in [1.807, 2.05) is 18.2 Å². The van der Waals surface area contributed by atoms with Crippen molar-refractivity contribution >= 4 is 54.0 Å². The molecule has 6 heteroatoms. The molecule has 1 saturated heterocycles. The third-order valence-corrected chi connectivity index (χ3v) is 6.71. The van der Waals surface area contributed by atoms with E-state index in [1.165, 1.54) is 21.4 Å². The van der Waals surface area contributed by atoms with Crippen LogP contribution in [0.1, 0.15) is 28.9 Å². The molecule has 4 rings (SSSR count). The molecule has 0 radical (unpaired) electrons. The van der Waals surface area contributed by atoms with E-state index >= 15 is 0 Å². The van der Waals surface area contributed by atoms with Gasteiger partial charge >= 0.3 is 5.97 Å². The second-order valence-electron chi connectivity index (χ2n) is 5.79. The molecule has 1 unspecified atom stereocenters. The fourth-order valence-electron chi connectivity index (χ4n) is 3.26. The topological polar surface area (TPSA) is 57.6 Å². The predicted molar refractivity (Wildman–Crippen MR) is 93.5 cm³/mol. The van der Waals surface area contributed by atoms with Crippen molar-refractivity contribution in [2.24, 2.45) is 0 Å². The molecule has 4 nitrogen and oxygen atoms in total. The Labute approximate surface area is 141 Å². The smallest absolute Gasteiger partial charge is 0.305 e. The molecule has 118 valence electrons. The summed E-state index contributed by atoms with van der Waals surface area (Å²) in [6.45, 7) is 0.656. The highest BCUT2D eigenvalue weighted by atomic mass is 32.1. The number of benzene rings is 1. The van der Waals surface area contributed by atoms with Gasteiger partial charge in [-0.05, 0) is 25.0 Å². The predicted octanol–water partition coefficient (Wildman–Crippen LogP) is 4.20. The summed E-state index contributed by atoms with van der Waals surface area (Å²) in [5, 5.41) is 10.2. The molecule has 23 heavy (non-hydrogen) atoms. The summed E-state index contributed by atoms with van der Waals surface area (Å²) in [4.78, 5) is 26.2. The lowest BCUT2D eigenvalue weighted by atomic mass is 10.1. The summed E-state index contributed by atoms with van der Waals surface area (Å²) in [5.74, 6) is -0.862. The Balaban J connectivity index is 1.68. The molecule has 1 aromatic carbocycles. The first-order chi connectivity index (χ1) is 11.1. The van der Waals surface area contributed by atoms with Gasteiger partial charge in [0.1, 0.15) is 0 Å². The minimum Gasteiger partial charge on any atom is -0.481 e. The quantitative estimate of drug-likeness (QED) is 0.774. The summed E-state index contributed by atoms with van der Waals surface area (Å²) >= 11 is 3.22. The Kier molecular flexibility index (Phi) is 3.58. The Bertz CT molecular complexity index is 911. The van der Waals surface area contributed by atoms with Crippen molar-refractivity contribution in [2.45, 2.75) is 25.3 Å². The SMILES string of the molecule is O=C(O)CC1CCCN1C(=O)c1cc2sc3ccccc3c2s1. The maximum absolute atomic E-state index is 12.8. The van der Waals surface area contributed by atoms with E-state index in [0.29, 0.717) is 11.4 Å². The van der Waals surface area contributed by atoms with Crippen LogP contribution < -0.4 is 0 Å². The average Bonchev–Trinajstić information content (AvgIpc) is 3.19. The summed E-state index contributed by atoms with van der Waals surface area (Å²) < 4.78 is 3.52. The van der Waals surface area contributed by atoms with Crippen LogP contribution in [0, 0.1) is 0 Å². The van der Waals surface area contributed by atoms with E-state index < -0.39 is 5.97 Å². The van der Waals surface area contributed by atoms with Gasteiger partial charge in [-0.3, -0.25) is 9.59 Å². The van der Waals surface area contributed by atoms with Gasteiger partial charge in [0.2, 0.25) is 0 Å². The molecule has 0 bridgehead atoms. The zero-order valence-electron chi connectivity index (χ0n) is 12.3. The molecule has 1 fully saturated rings. The lowest BCUT2D eigenvalue weighted by Gasteiger charge is -2.22. The summed E-state index contributed by atoms with van der Waals surface area (Å²) in [5.41, 5.74) is 0. The molecule has 0 aliphatic carbocycles. The van der Waals surface area contributed by atoms with Crippen LogP contribution in [0.15, 0.2) is 30.3 Å². The van der Waals surface area contributed by atoms with Crippen molar-refractivity contribution in [3.05, 3.63) is 35.2 Å². The third-order valence-electron chi connectivity index (χ3n) is 4.31. The summed E-state index contributed by atoms with van der Waals surface area (Å²) in [6.07, 6.45) is 1.70. The first kappa shape index (κ1) is 14.7. The van der Waals surface area contributed by atoms with Gasteiger partial charge < -0.3 is 10.0 Å². The number of rotatable bonds is 3. The van der Waals surface area contributed by atoms with Crippen LogP contribution in [0.3, 0.4) is 0 Å². The Morgan fingerprint density at radius 2 is 2.04 bits per heavy atom. The van der Waals surface area contributed by atoms with Gasteiger partial charge in [-0.2, -0.15) is 0 Å². The largest absolute Gasteiger partial charge is 0.481 e. The third kappa shape index (κ3) is 2.52. The van der Waals surface area contributed by atoms with E-state index in [9.17, 15) is 9.59 Å². The molecule has 1 N–H and O–H groups in total. The number of aliphatic carboxylic acids is 1. The van der Waals surface area contributed by atoms with Crippen molar-refractivity contribution in [1.82, 2.24) is 4.90 Å². The van der Waals surface area contributed by atoms with Crippen LogP contribution in [0.25, 0.3) is 19.5 Å². The molecular formula is C17H15NO3S2. The summed E-state index contributed by atoms with van der Waals surface area (Å²) in [7, 11) is 0. The van der Waals surface area contributed by atoms with Gasteiger partial charge in [-0.25, -0.2) is 0 Å². The number of hydrogen-bond donors (Lipinski definition) is 1. The fourth-order valence-corrected chi connectivity index (χ4v) is 5.74. The molecule has 0 spiro atoms. The van der Waals surface area contributed by atoms with Crippen molar-refractivity contribution in [1.29, 1.82) is 0 Å². The molecule has 2 aromatic heterocycles. The second kappa shape index (κ2) is 5.62. The standard InChI is InChI=1S/C17H15NO3S2/c19-15(20)8-10-4-3-7-18(10)17(21)14-9-13-16(23-14)11-5-1-2-6-12(11)22-13/h1-2,5-6,9-10H,3-4,7-8H2,(H,19,20). The van der Waals surface area contributed by atoms with E-state index in [1.54, 1.807) is 16.2 Å². The Morgan fingerprint density at radius 1 is 1.22 bits per heavy atom. The number of carboxylic acid groups (broad SMARTS) is 1. The van der Waals surface area contributed by atoms with E-state index in [-0.39, 0.29) is 18.4 Å². The summed E-state index contributed by atoms with van der Waals surface area (Å²) in [6, 6.07) is 10.0. The van der Waals surface area contributed by atoms with Crippen LogP contribution >= 0.6 is 22.7 Å². The minimum absolute atomic E-state index is 0.0220. The van der Waals surface area contributed by atoms with E-state index in [4.69, 9.17) is 5.11 Å². The molecular weight excluding hydrogens is 330 g/mol. The number of thiophene rings is 2. The highest BCUT2D eigenvalue weighted by Crippen LogP contribution is 2.40. The van der Waals surface area contributed by atoms with Crippen LogP contribution in [0.5, 0.6) is 0 Å². The van der Waals surface area contributed by atoms with Crippen LogP contribution in [0.2, 0.25) is 0 Å². The maximum Gasteiger partial charge on any atom is 0.305 e. The molecule has 1 aliphatic heterocycles. The Morgan fingerprint density at radius 3 is 2.87 bits per heavy atom. The number of fused-ring (bicyclic) bond motifs is 3. The van der Waals surface area contributed by atoms with Crippen molar-refractivity contribution in [3.63, 3.8) is 0 Å². The Hall–Kier alpha value is -1.92. The van der Waals surface area contributed by atoms with E-state index in [0.717, 1.165) is 22.2 Å². The minimum atomic E-state index is -0.840. The lowest BCUT2D eigenvalue weighted by Crippen LogP contribution is -2.36. The number of likely N-dealkylation sites (tertiary alicyclic amines) is 1. The zero-order chi connectivity index (χ0) is 16.0. The first-order valence-corrected chi connectivity index (χ1v) is 9.20. The lowest BCUT2D eigenvalue weighted by molar-refractivity contribution is -0.137. The zero-order valence-corrected chi connectivity index (χ0v) is 14.0. The molecule has 3 aromatic rings. The van der Waals surface area contributed by atoms with Gasteiger partial charge in [0, 0.05) is 27.4 Å². The van der Waals surface area contributed by atoms with Crippen LogP contribution in [0.4, 0.5) is 0 Å². The molecule has 1 aliphatic rings. The van der Waals surface area contributed by atoms with Crippen molar-refractivity contribution < 1.29 is 14.7 Å². The van der Waals surface area contributed by atoms with Crippen LogP contribution in [-0.2, 0) is 4.79 Å². The molecule has 1 atom stereocenters. The molecule has 1 amide bonds. The van der Waals surface area contributed by atoms with Gasteiger partial charge in [-0.1, -0.05) is 18.2 Å². The van der Waals surface area contributed by atoms with Gasteiger partial charge in [0.15, 0.2) is 0 Å². The average molecular weight is 345 g/mol. The fraction of sp³-hybridized carbons (Fsp3) is 0.294. The number of nitrogens with zero attached hydrogens (tertiary/aromatic N) is 1. The van der Waals surface area contributed by atoms with Crippen molar-refractivity contribution in [2.75, 3.05) is 6.54 Å². The number of amides is 1. The molecule has 0 saturated carbocycles. The van der Waals surface area contributed by atoms with Gasteiger partial charge in [0.25, 0.3) is 5.91 Å². The molecule has 3 heterocycles. The van der Waals surface area contributed by atoms with E-state index in [2.05, 4.69) is 12.1 Å². The van der Waals surface area contributed by atoms with Gasteiger partial charge in [-0.15, -0.1) is 22.7 Å². The normalized spacial score (nSPS) is 18.1. The second-order valence-corrected chi connectivity index (χ2v) is 7.93. The first-order valence-electron chi connectivity index (χ1n) is 7.57. The van der Waals surface area contributed by atoms with Gasteiger partial charge in [0.05, 0.1) is 16.0 Å².